The minimum absolute atomic E-state index is 0.236. The van der Waals surface area contributed by atoms with Gasteiger partial charge in [0, 0.05) is 0 Å². The molecule has 0 radical (unpaired) electrons. The summed E-state index contributed by atoms with van der Waals surface area (Å²) in [5, 5.41) is -1.18. The van der Waals surface area contributed by atoms with E-state index in [4.69, 9.17) is 6.15 Å². The molecule has 0 aromatic carbocycles. The molecule has 1 aliphatic rings. The van der Waals surface area contributed by atoms with Crippen LogP contribution < -0.4 is 0 Å². The number of thiol groups is 2. The predicted molar refractivity (Wildman–Crippen MR) is 120 cm³/mol. The minimum atomic E-state index is -3.78. The second-order valence-corrected chi connectivity index (χ2v) is 18.0. The standard InChI is InChI=1S/C12H22O4S2.2C4H9.Sn/c1-2-3-4-5-6-7-8(9(17)11(13)14)10(18)12(15)16;2*1-3-4-2;/h8-10,17-18H,2-7H2,1H3,(H,13,14)(H,15,16);2*1,3-4H2,2H3;/q;;;+2/p-2. The summed E-state index contributed by atoms with van der Waals surface area (Å²) in [5.41, 5.74) is 0. The average molecular weight is 525 g/mol. The van der Waals surface area contributed by atoms with Crippen LogP contribution in [0.3, 0.4) is 0 Å². The molecule has 0 aliphatic carbocycles. The van der Waals surface area contributed by atoms with E-state index in [1.807, 2.05) is 0 Å². The van der Waals surface area contributed by atoms with Gasteiger partial charge in [-0.25, -0.2) is 0 Å². The molecular formula is C20H38O4S2Sn. The van der Waals surface area contributed by atoms with Crippen molar-refractivity contribution in [2.45, 2.75) is 104 Å². The summed E-state index contributed by atoms with van der Waals surface area (Å²) in [5.74, 6) is -0.808. The molecule has 158 valence electrons. The van der Waals surface area contributed by atoms with Gasteiger partial charge in [-0.3, -0.25) is 0 Å². The van der Waals surface area contributed by atoms with Crippen LogP contribution in [-0.2, 0) is 15.7 Å². The van der Waals surface area contributed by atoms with Crippen LogP contribution in [0.1, 0.15) is 85.0 Å². The number of carbonyl (C=O) groups is 2. The van der Waals surface area contributed by atoms with Gasteiger partial charge in [-0.2, -0.15) is 0 Å². The van der Waals surface area contributed by atoms with Crippen molar-refractivity contribution in [3.8, 4) is 0 Å². The zero-order chi connectivity index (χ0) is 20.3. The van der Waals surface area contributed by atoms with Crippen molar-refractivity contribution in [2.75, 3.05) is 0 Å². The van der Waals surface area contributed by atoms with Gasteiger partial charge in [0.05, 0.1) is 0 Å². The first kappa shape index (κ1) is 25.5. The second kappa shape index (κ2) is 13.6. The summed E-state index contributed by atoms with van der Waals surface area (Å²) in [4.78, 5) is 25.7. The zero-order valence-electron chi connectivity index (χ0n) is 17.2. The Labute approximate surface area is 181 Å². The van der Waals surface area contributed by atoms with E-state index in [1.54, 1.807) is 0 Å². The van der Waals surface area contributed by atoms with E-state index in [0.717, 1.165) is 53.8 Å². The molecule has 27 heavy (non-hydrogen) atoms. The average Bonchev–Trinajstić information content (AvgIpc) is 2.65. The Morgan fingerprint density at radius 3 is 1.63 bits per heavy atom. The van der Waals surface area contributed by atoms with Crippen LogP contribution in [0.25, 0.3) is 0 Å². The van der Waals surface area contributed by atoms with Gasteiger partial charge < -0.3 is 0 Å². The molecule has 0 amide bonds. The first-order valence-corrected chi connectivity index (χ1v) is 18.1. The molecule has 1 aliphatic heterocycles. The first-order valence-electron chi connectivity index (χ1n) is 10.7. The molecule has 1 heterocycles. The number of hydrogen-bond donors (Lipinski definition) is 2. The Hall–Kier alpha value is 0.439. The Balaban J connectivity index is 2.88. The molecule has 0 N–H and O–H groups in total. The van der Waals surface area contributed by atoms with Crippen molar-refractivity contribution in [1.29, 1.82) is 0 Å². The van der Waals surface area contributed by atoms with Gasteiger partial charge in [-0.05, 0) is 0 Å². The molecule has 1 fully saturated rings. The van der Waals surface area contributed by atoms with E-state index in [-0.39, 0.29) is 17.9 Å². The van der Waals surface area contributed by atoms with Gasteiger partial charge in [-0.1, -0.05) is 0 Å². The Morgan fingerprint density at radius 2 is 1.19 bits per heavy atom. The topological polar surface area (TPSA) is 52.6 Å². The fourth-order valence-corrected chi connectivity index (χ4v) is 14.9. The third-order valence-electron chi connectivity index (χ3n) is 5.33. The molecular weight excluding hydrogens is 487 g/mol. The molecule has 4 nitrogen and oxygen atoms in total. The van der Waals surface area contributed by atoms with Gasteiger partial charge in [-0.15, -0.1) is 0 Å². The molecule has 0 spiro atoms. The van der Waals surface area contributed by atoms with Crippen molar-refractivity contribution in [3.05, 3.63) is 0 Å². The van der Waals surface area contributed by atoms with E-state index in [1.165, 1.54) is 19.3 Å². The van der Waals surface area contributed by atoms with Crippen molar-refractivity contribution in [1.82, 2.24) is 0 Å². The Morgan fingerprint density at radius 1 is 0.741 bits per heavy atom. The van der Waals surface area contributed by atoms with E-state index < -0.39 is 29.7 Å². The molecule has 1 saturated heterocycles. The van der Waals surface area contributed by atoms with E-state index in [9.17, 15) is 9.59 Å². The van der Waals surface area contributed by atoms with Gasteiger partial charge in [0.2, 0.25) is 0 Å². The summed E-state index contributed by atoms with van der Waals surface area (Å²) < 4.78 is 13.5. The van der Waals surface area contributed by atoms with Crippen LogP contribution >= 0.6 is 25.3 Å². The first-order chi connectivity index (χ1) is 12.9. The Bertz CT molecular complexity index is 427. The molecule has 0 aromatic rings. The van der Waals surface area contributed by atoms with E-state index in [2.05, 4.69) is 46.0 Å². The van der Waals surface area contributed by atoms with Gasteiger partial charge in [0.1, 0.15) is 0 Å². The number of hydrogen-bond acceptors (Lipinski definition) is 6. The molecule has 2 unspecified atom stereocenters. The molecule has 1 rings (SSSR count). The summed E-state index contributed by atoms with van der Waals surface area (Å²) >= 11 is 5.37. The van der Waals surface area contributed by atoms with Gasteiger partial charge in [0.25, 0.3) is 0 Å². The van der Waals surface area contributed by atoms with Crippen LogP contribution in [0.4, 0.5) is 0 Å². The predicted octanol–water partition coefficient (Wildman–Crippen LogP) is 5.70. The molecule has 0 bridgehead atoms. The number of unbranched alkanes of at least 4 members (excludes halogenated alkanes) is 6. The van der Waals surface area contributed by atoms with Crippen molar-refractivity contribution < 1.29 is 15.7 Å². The third-order valence-corrected chi connectivity index (χ3v) is 16.2. The number of carbonyl (C=O) groups excluding carboxylic acids is 2. The second-order valence-electron chi connectivity index (χ2n) is 7.72. The van der Waals surface area contributed by atoms with Crippen molar-refractivity contribution in [2.24, 2.45) is 5.92 Å². The van der Waals surface area contributed by atoms with Gasteiger partial charge >= 0.3 is 182 Å². The third kappa shape index (κ3) is 8.37. The van der Waals surface area contributed by atoms with Crippen molar-refractivity contribution in [3.63, 3.8) is 0 Å². The Kier molecular flexibility index (Phi) is 12.9. The van der Waals surface area contributed by atoms with Crippen LogP contribution in [0.2, 0.25) is 8.87 Å². The summed E-state index contributed by atoms with van der Waals surface area (Å²) in [6.07, 6.45) is 10.3. The van der Waals surface area contributed by atoms with Crippen LogP contribution in [0, 0.1) is 5.92 Å². The molecule has 0 aromatic heterocycles. The van der Waals surface area contributed by atoms with E-state index >= 15 is 0 Å². The van der Waals surface area contributed by atoms with Crippen LogP contribution in [0.5, 0.6) is 0 Å². The fourth-order valence-electron chi connectivity index (χ4n) is 3.55. The summed E-state index contributed by atoms with van der Waals surface area (Å²) in [6.45, 7) is 6.39. The summed E-state index contributed by atoms with van der Waals surface area (Å²) in [6, 6.07) is 0. The monoisotopic (exact) mass is 526 g/mol. The molecule has 2 atom stereocenters. The molecule has 7 heteroatoms. The molecule has 0 saturated carbocycles. The quantitative estimate of drug-likeness (QED) is 0.195. The fraction of sp³-hybridized carbons (Fsp3) is 0.900. The normalized spacial score (nSPS) is 25.4. The van der Waals surface area contributed by atoms with E-state index in [0.29, 0.717) is 0 Å². The zero-order valence-corrected chi connectivity index (χ0v) is 21.9. The number of rotatable bonds is 12. The van der Waals surface area contributed by atoms with Gasteiger partial charge in [0.15, 0.2) is 0 Å². The maximum absolute atomic E-state index is 12.8. The SMILES string of the molecule is CCCCCCCC1C(S)C(=O)[O][Sn]([CH2]CCC)([CH2]CCC)[O]C(=O)C1S. The maximum atomic E-state index is 12.8. The summed E-state index contributed by atoms with van der Waals surface area (Å²) in [7, 11) is 0. The van der Waals surface area contributed by atoms with Crippen LogP contribution in [-0.4, -0.2) is 41.6 Å². The van der Waals surface area contributed by atoms with Crippen molar-refractivity contribution >= 4 is 56.4 Å². The van der Waals surface area contributed by atoms with Crippen LogP contribution in [0.15, 0.2) is 0 Å².